The van der Waals surface area contributed by atoms with Gasteiger partial charge in [0.15, 0.2) is 0 Å². The molecule has 0 unspecified atom stereocenters. The fourth-order valence-corrected chi connectivity index (χ4v) is 2.74. The number of nitrogens with zero attached hydrogens (tertiary/aromatic N) is 3. The number of ether oxygens (including phenoxy) is 1. The lowest BCUT2D eigenvalue weighted by Gasteiger charge is -2.14. The highest BCUT2D eigenvalue weighted by molar-refractivity contribution is 5.27. The van der Waals surface area contributed by atoms with Crippen molar-refractivity contribution in [1.82, 2.24) is 14.5 Å². The number of hydrogen-bond acceptors (Lipinski definition) is 3. The van der Waals surface area contributed by atoms with Crippen LogP contribution in [0.2, 0.25) is 0 Å². The van der Waals surface area contributed by atoms with Crippen LogP contribution < -0.4 is 4.74 Å². The van der Waals surface area contributed by atoms with Crippen molar-refractivity contribution in [3.63, 3.8) is 0 Å². The minimum Gasteiger partial charge on any atom is -0.497 e. The molecule has 1 aliphatic carbocycles. The Kier molecular flexibility index (Phi) is 3.23. The van der Waals surface area contributed by atoms with E-state index < -0.39 is 0 Å². The standard InChI is InChI=1S/C15H19N3O/c1-11-7-13(19-2)8-12(17-11)9-18-10-16-14-5-3-4-6-15(14)18/h7-8,10H,3-6,9H2,1-2H3. The first kappa shape index (κ1) is 12.2. The Morgan fingerprint density at radius 3 is 2.95 bits per heavy atom. The molecule has 0 amide bonds. The van der Waals surface area contributed by atoms with E-state index in [4.69, 9.17) is 4.74 Å². The van der Waals surface area contributed by atoms with Crippen molar-refractivity contribution in [2.45, 2.75) is 39.2 Å². The van der Waals surface area contributed by atoms with Crippen LogP contribution >= 0.6 is 0 Å². The van der Waals surface area contributed by atoms with Crippen LogP contribution in [0.15, 0.2) is 18.5 Å². The molecule has 0 radical (unpaired) electrons. The van der Waals surface area contributed by atoms with Gasteiger partial charge in [0.05, 0.1) is 31.4 Å². The molecule has 0 aliphatic heterocycles. The van der Waals surface area contributed by atoms with Crippen molar-refractivity contribution in [2.75, 3.05) is 7.11 Å². The average molecular weight is 257 g/mol. The number of rotatable bonds is 3. The molecule has 4 heteroatoms. The molecule has 0 fully saturated rings. The number of aromatic nitrogens is 3. The summed E-state index contributed by atoms with van der Waals surface area (Å²) in [5.41, 5.74) is 4.67. The van der Waals surface area contributed by atoms with Gasteiger partial charge in [0.1, 0.15) is 5.75 Å². The summed E-state index contributed by atoms with van der Waals surface area (Å²) in [6, 6.07) is 3.95. The molecule has 0 aromatic carbocycles. The highest BCUT2D eigenvalue weighted by atomic mass is 16.5. The van der Waals surface area contributed by atoms with Crippen LogP contribution in [0.4, 0.5) is 0 Å². The lowest BCUT2D eigenvalue weighted by molar-refractivity contribution is 0.412. The third kappa shape index (κ3) is 2.48. The van der Waals surface area contributed by atoms with Gasteiger partial charge < -0.3 is 9.30 Å². The quantitative estimate of drug-likeness (QED) is 0.848. The number of aryl methyl sites for hydroxylation is 2. The maximum atomic E-state index is 5.30. The normalized spacial score (nSPS) is 14.2. The lowest BCUT2D eigenvalue weighted by Crippen LogP contribution is -2.10. The van der Waals surface area contributed by atoms with Crippen molar-refractivity contribution in [1.29, 1.82) is 0 Å². The maximum absolute atomic E-state index is 5.30. The van der Waals surface area contributed by atoms with Gasteiger partial charge in [0.2, 0.25) is 0 Å². The Morgan fingerprint density at radius 2 is 2.11 bits per heavy atom. The molecule has 1 aliphatic rings. The second-order valence-corrected chi connectivity index (χ2v) is 5.11. The molecule has 2 aromatic rings. The molecule has 4 nitrogen and oxygen atoms in total. The fourth-order valence-electron chi connectivity index (χ4n) is 2.74. The van der Waals surface area contributed by atoms with Crippen molar-refractivity contribution in [2.24, 2.45) is 0 Å². The number of methoxy groups -OCH3 is 1. The van der Waals surface area contributed by atoms with E-state index in [0.29, 0.717) is 0 Å². The van der Waals surface area contributed by atoms with E-state index >= 15 is 0 Å². The molecule has 0 spiro atoms. The first-order valence-electron chi connectivity index (χ1n) is 6.80. The van der Waals surface area contributed by atoms with Gasteiger partial charge >= 0.3 is 0 Å². The summed E-state index contributed by atoms with van der Waals surface area (Å²) < 4.78 is 7.53. The number of pyridine rings is 1. The predicted molar refractivity (Wildman–Crippen MR) is 73.5 cm³/mol. The zero-order chi connectivity index (χ0) is 13.2. The summed E-state index contributed by atoms with van der Waals surface area (Å²) in [7, 11) is 1.69. The summed E-state index contributed by atoms with van der Waals surface area (Å²) >= 11 is 0. The van der Waals surface area contributed by atoms with Crippen LogP contribution in [-0.4, -0.2) is 21.6 Å². The third-order valence-corrected chi connectivity index (χ3v) is 3.66. The maximum Gasteiger partial charge on any atom is 0.122 e. The van der Waals surface area contributed by atoms with Crippen molar-refractivity contribution >= 4 is 0 Å². The molecule has 2 heterocycles. The zero-order valence-electron chi connectivity index (χ0n) is 11.5. The van der Waals surface area contributed by atoms with Crippen molar-refractivity contribution in [3.8, 4) is 5.75 Å². The van der Waals surface area contributed by atoms with Crippen molar-refractivity contribution < 1.29 is 4.74 Å². The minimum atomic E-state index is 0.778. The molecule has 0 saturated carbocycles. The van der Waals surface area contributed by atoms with E-state index in [1.807, 2.05) is 25.4 Å². The summed E-state index contributed by atoms with van der Waals surface area (Å²) in [5.74, 6) is 0.872. The smallest absolute Gasteiger partial charge is 0.122 e. The van der Waals surface area contributed by atoms with Crippen molar-refractivity contribution in [3.05, 3.63) is 41.2 Å². The van der Waals surface area contributed by atoms with E-state index in [9.17, 15) is 0 Å². The van der Waals surface area contributed by atoms with Gasteiger partial charge in [0.25, 0.3) is 0 Å². The van der Waals surface area contributed by atoms with Gasteiger partial charge in [-0.2, -0.15) is 0 Å². The van der Waals surface area contributed by atoms with Crippen LogP contribution in [0.3, 0.4) is 0 Å². The Bertz CT molecular complexity index is 589. The Morgan fingerprint density at radius 1 is 1.26 bits per heavy atom. The Hall–Kier alpha value is -1.84. The molecule has 0 saturated heterocycles. The first-order valence-corrected chi connectivity index (χ1v) is 6.80. The SMILES string of the molecule is COc1cc(C)nc(Cn2cnc3c2CCCC3)c1. The Labute approximate surface area is 113 Å². The molecule has 0 atom stereocenters. The summed E-state index contributed by atoms with van der Waals surface area (Å²) in [4.78, 5) is 9.10. The van der Waals surface area contributed by atoms with Gasteiger partial charge in [-0.15, -0.1) is 0 Å². The second kappa shape index (κ2) is 5.03. The number of imidazole rings is 1. The van der Waals surface area contributed by atoms with Gasteiger partial charge in [-0.3, -0.25) is 4.98 Å². The van der Waals surface area contributed by atoms with Crippen LogP contribution in [0.25, 0.3) is 0 Å². The van der Waals surface area contributed by atoms with E-state index in [1.165, 1.54) is 24.2 Å². The second-order valence-electron chi connectivity index (χ2n) is 5.11. The number of hydrogen-bond donors (Lipinski definition) is 0. The summed E-state index contributed by atoms with van der Waals surface area (Å²) in [6.07, 6.45) is 6.74. The van der Waals surface area contributed by atoms with E-state index in [1.54, 1.807) is 7.11 Å². The van der Waals surface area contributed by atoms with Crippen LogP contribution in [0, 0.1) is 6.92 Å². The van der Waals surface area contributed by atoms with E-state index in [0.717, 1.165) is 36.5 Å². The largest absolute Gasteiger partial charge is 0.497 e. The van der Waals surface area contributed by atoms with Gasteiger partial charge in [-0.25, -0.2) is 4.98 Å². The van der Waals surface area contributed by atoms with Crippen LogP contribution in [-0.2, 0) is 19.4 Å². The van der Waals surface area contributed by atoms with Gasteiger partial charge in [-0.1, -0.05) is 0 Å². The summed E-state index contributed by atoms with van der Waals surface area (Å²) in [5, 5.41) is 0. The van der Waals surface area contributed by atoms with Gasteiger partial charge in [0, 0.05) is 23.5 Å². The van der Waals surface area contributed by atoms with E-state index in [2.05, 4.69) is 14.5 Å². The molecule has 0 N–H and O–H groups in total. The van der Waals surface area contributed by atoms with Crippen LogP contribution in [0.1, 0.15) is 35.6 Å². The molecular formula is C15H19N3O. The summed E-state index contributed by atoms with van der Waals surface area (Å²) in [6.45, 7) is 2.77. The lowest BCUT2D eigenvalue weighted by atomic mass is 10.0. The average Bonchev–Trinajstić information content (AvgIpc) is 2.82. The highest BCUT2D eigenvalue weighted by Gasteiger charge is 2.15. The minimum absolute atomic E-state index is 0.778. The predicted octanol–water partition coefficient (Wildman–Crippen LogP) is 2.52. The molecule has 2 aromatic heterocycles. The first-order chi connectivity index (χ1) is 9.26. The molecular weight excluding hydrogens is 238 g/mol. The molecule has 100 valence electrons. The fraction of sp³-hybridized carbons (Fsp3) is 0.467. The monoisotopic (exact) mass is 257 g/mol. The molecule has 0 bridgehead atoms. The topological polar surface area (TPSA) is 39.9 Å². The Balaban J connectivity index is 1.89. The zero-order valence-corrected chi connectivity index (χ0v) is 11.5. The van der Waals surface area contributed by atoms with Crippen LogP contribution in [0.5, 0.6) is 5.75 Å². The highest BCUT2D eigenvalue weighted by Crippen LogP contribution is 2.21. The van der Waals surface area contributed by atoms with E-state index in [-0.39, 0.29) is 0 Å². The number of fused-ring (bicyclic) bond motifs is 1. The van der Waals surface area contributed by atoms with Gasteiger partial charge in [-0.05, 0) is 32.6 Å². The molecule has 19 heavy (non-hydrogen) atoms. The molecule has 3 rings (SSSR count). The third-order valence-electron chi connectivity index (χ3n) is 3.66.